The van der Waals surface area contributed by atoms with E-state index in [1.807, 2.05) is 25.1 Å². The SMILES string of the molecule is C[C@H]1[C@H](N=Cc2ccc(OC(F)F)c([N+](=O)[O-])c2)C(=O)N(c2ccccc2)N1C. The zero-order valence-corrected chi connectivity index (χ0v) is 15.6. The maximum Gasteiger partial charge on any atom is 0.387 e. The second kappa shape index (κ2) is 8.31. The molecule has 10 heteroatoms. The number of amides is 1. The van der Waals surface area contributed by atoms with E-state index in [0.29, 0.717) is 11.3 Å². The topological polar surface area (TPSA) is 88.3 Å². The standard InChI is InChI=1S/C19H18F2N4O4/c1-12-17(18(26)24(23(12)2)14-6-4-3-5-7-14)22-11-13-8-9-16(29-19(20)21)15(10-13)25(27)28/h3-12,17,19H,1-2H3/t12-,17-/m0/s1. The number of aliphatic imine (C=N–C) groups is 1. The fourth-order valence-electron chi connectivity index (χ4n) is 3.06. The van der Waals surface area contributed by atoms with E-state index in [4.69, 9.17) is 0 Å². The highest BCUT2D eigenvalue weighted by Crippen LogP contribution is 2.30. The van der Waals surface area contributed by atoms with Gasteiger partial charge in [0, 0.05) is 19.3 Å². The largest absolute Gasteiger partial charge is 0.427 e. The van der Waals surface area contributed by atoms with Gasteiger partial charge in [0.05, 0.1) is 16.7 Å². The Morgan fingerprint density at radius 2 is 1.93 bits per heavy atom. The maximum atomic E-state index is 12.9. The number of halogens is 2. The Morgan fingerprint density at radius 3 is 2.55 bits per heavy atom. The lowest BCUT2D eigenvalue weighted by Crippen LogP contribution is -2.38. The van der Waals surface area contributed by atoms with Crippen molar-refractivity contribution in [3.63, 3.8) is 0 Å². The van der Waals surface area contributed by atoms with E-state index in [1.165, 1.54) is 17.3 Å². The summed E-state index contributed by atoms with van der Waals surface area (Å²) in [5, 5.41) is 14.4. The molecule has 0 radical (unpaired) electrons. The molecular weight excluding hydrogens is 386 g/mol. The van der Waals surface area contributed by atoms with Crippen LogP contribution in [0, 0.1) is 10.1 Å². The molecule has 0 aromatic heterocycles. The second-order valence-corrected chi connectivity index (χ2v) is 6.39. The average molecular weight is 404 g/mol. The molecule has 1 heterocycles. The predicted molar refractivity (Wildman–Crippen MR) is 102 cm³/mol. The molecule has 1 fully saturated rings. The molecule has 0 unspecified atom stereocenters. The Hall–Kier alpha value is -3.40. The number of rotatable bonds is 6. The van der Waals surface area contributed by atoms with Crippen molar-refractivity contribution in [2.45, 2.75) is 25.6 Å². The Balaban J connectivity index is 1.85. The zero-order chi connectivity index (χ0) is 21.1. The number of benzene rings is 2. The van der Waals surface area contributed by atoms with Crippen molar-refractivity contribution in [1.82, 2.24) is 5.01 Å². The van der Waals surface area contributed by atoms with Gasteiger partial charge in [-0.2, -0.15) is 8.78 Å². The molecule has 152 valence electrons. The minimum Gasteiger partial charge on any atom is -0.427 e. The van der Waals surface area contributed by atoms with E-state index >= 15 is 0 Å². The molecule has 0 bridgehead atoms. The number of likely N-dealkylation sites (N-methyl/N-ethyl adjacent to an activating group) is 1. The lowest BCUT2D eigenvalue weighted by Gasteiger charge is -2.26. The number of carbonyl (C=O) groups excluding carboxylic acids is 1. The van der Waals surface area contributed by atoms with Crippen molar-refractivity contribution in [3.8, 4) is 5.75 Å². The molecular formula is C19H18F2N4O4. The Labute approximate surface area is 165 Å². The zero-order valence-electron chi connectivity index (χ0n) is 15.6. The fraction of sp³-hybridized carbons (Fsp3) is 0.263. The van der Waals surface area contributed by atoms with E-state index in [-0.39, 0.29) is 11.9 Å². The Morgan fingerprint density at radius 1 is 1.24 bits per heavy atom. The minimum absolute atomic E-state index is 0.241. The molecule has 0 N–H and O–H groups in total. The third-order valence-electron chi connectivity index (χ3n) is 4.60. The van der Waals surface area contributed by atoms with Gasteiger partial charge in [0.2, 0.25) is 5.75 Å². The van der Waals surface area contributed by atoms with Crippen LogP contribution in [0.5, 0.6) is 5.75 Å². The monoisotopic (exact) mass is 404 g/mol. The van der Waals surface area contributed by atoms with E-state index < -0.39 is 29.0 Å². The van der Waals surface area contributed by atoms with Crippen LogP contribution >= 0.6 is 0 Å². The van der Waals surface area contributed by atoms with E-state index in [9.17, 15) is 23.7 Å². The number of hydrazine groups is 1. The molecule has 1 saturated heterocycles. The first-order chi connectivity index (χ1) is 13.8. The number of para-hydroxylation sites is 1. The van der Waals surface area contributed by atoms with Crippen LogP contribution in [0.25, 0.3) is 0 Å². The van der Waals surface area contributed by atoms with Crippen molar-refractivity contribution in [1.29, 1.82) is 0 Å². The average Bonchev–Trinajstić information content (AvgIpc) is 2.89. The number of hydrogen-bond acceptors (Lipinski definition) is 6. The van der Waals surface area contributed by atoms with Crippen molar-refractivity contribution in [2.75, 3.05) is 12.1 Å². The second-order valence-electron chi connectivity index (χ2n) is 6.39. The number of hydrogen-bond donors (Lipinski definition) is 0. The van der Waals surface area contributed by atoms with Crippen molar-refractivity contribution in [3.05, 3.63) is 64.2 Å². The molecule has 2 atom stereocenters. The Bertz CT molecular complexity index is 939. The van der Waals surface area contributed by atoms with Crippen molar-refractivity contribution < 1.29 is 23.2 Å². The van der Waals surface area contributed by atoms with Crippen LogP contribution in [-0.4, -0.2) is 47.8 Å². The van der Waals surface area contributed by atoms with Crippen LogP contribution in [0.4, 0.5) is 20.2 Å². The number of carbonyl (C=O) groups is 1. The number of nitrogens with zero attached hydrogens (tertiary/aromatic N) is 4. The highest BCUT2D eigenvalue weighted by molar-refractivity contribution is 6.00. The smallest absolute Gasteiger partial charge is 0.387 e. The van der Waals surface area contributed by atoms with E-state index in [1.54, 1.807) is 24.2 Å². The molecule has 29 heavy (non-hydrogen) atoms. The summed E-state index contributed by atoms with van der Waals surface area (Å²) in [5.41, 5.74) is 0.385. The predicted octanol–water partition coefficient (Wildman–Crippen LogP) is 3.27. The van der Waals surface area contributed by atoms with Gasteiger partial charge >= 0.3 is 12.3 Å². The molecule has 2 aromatic carbocycles. The molecule has 3 rings (SSSR count). The van der Waals surface area contributed by atoms with Gasteiger partial charge in [0.25, 0.3) is 5.91 Å². The molecule has 1 aliphatic rings. The van der Waals surface area contributed by atoms with Crippen LogP contribution in [-0.2, 0) is 4.79 Å². The normalized spacial score (nSPS) is 20.0. The van der Waals surface area contributed by atoms with Gasteiger partial charge in [-0.3, -0.25) is 19.9 Å². The maximum absolute atomic E-state index is 12.9. The highest BCUT2D eigenvalue weighted by Gasteiger charge is 2.42. The first-order valence-corrected chi connectivity index (χ1v) is 8.67. The number of anilines is 1. The lowest BCUT2D eigenvalue weighted by molar-refractivity contribution is -0.386. The Kier molecular flexibility index (Phi) is 5.83. The molecule has 8 nitrogen and oxygen atoms in total. The van der Waals surface area contributed by atoms with Crippen LogP contribution in [0.3, 0.4) is 0 Å². The van der Waals surface area contributed by atoms with Gasteiger partial charge in [0.15, 0.2) is 0 Å². The number of nitro benzene ring substituents is 1. The van der Waals surface area contributed by atoms with Gasteiger partial charge in [-0.05, 0) is 36.8 Å². The van der Waals surface area contributed by atoms with Gasteiger partial charge in [-0.15, -0.1) is 0 Å². The summed E-state index contributed by atoms with van der Waals surface area (Å²) < 4.78 is 29.0. The summed E-state index contributed by atoms with van der Waals surface area (Å²) in [5.74, 6) is -0.781. The quantitative estimate of drug-likeness (QED) is 0.419. The van der Waals surface area contributed by atoms with Crippen LogP contribution < -0.4 is 9.75 Å². The summed E-state index contributed by atoms with van der Waals surface area (Å²) in [7, 11) is 1.77. The van der Waals surface area contributed by atoms with Gasteiger partial charge in [-0.1, -0.05) is 18.2 Å². The van der Waals surface area contributed by atoms with Crippen LogP contribution in [0.1, 0.15) is 12.5 Å². The third-order valence-corrected chi connectivity index (χ3v) is 4.60. The minimum atomic E-state index is -3.18. The molecule has 1 aliphatic heterocycles. The summed E-state index contributed by atoms with van der Waals surface area (Å²) in [4.78, 5) is 27.5. The molecule has 2 aromatic rings. The first kappa shape index (κ1) is 20.3. The van der Waals surface area contributed by atoms with Crippen LogP contribution in [0.2, 0.25) is 0 Å². The number of nitro groups is 1. The molecule has 0 aliphatic carbocycles. The fourth-order valence-corrected chi connectivity index (χ4v) is 3.06. The van der Waals surface area contributed by atoms with E-state index in [0.717, 1.165) is 12.1 Å². The van der Waals surface area contributed by atoms with Gasteiger partial charge in [0.1, 0.15) is 6.04 Å². The third kappa shape index (κ3) is 4.21. The van der Waals surface area contributed by atoms with Crippen molar-refractivity contribution in [2.24, 2.45) is 4.99 Å². The lowest BCUT2D eigenvalue weighted by atomic mass is 10.1. The van der Waals surface area contributed by atoms with Gasteiger partial charge < -0.3 is 4.74 Å². The molecule has 1 amide bonds. The summed E-state index contributed by atoms with van der Waals surface area (Å²) in [6.07, 6.45) is 1.32. The summed E-state index contributed by atoms with van der Waals surface area (Å²) in [6.45, 7) is -1.34. The highest BCUT2D eigenvalue weighted by atomic mass is 19.3. The van der Waals surface area contributed by atoms with Crippen molar-refractivity contribution >= 4 is 23.5 Å². The van der Waals surface area contributed by atoms with Crippen LogP contribution in [0.15, 0.2) is 53.5 Å². The summed E-state index contributed by atoms with van der Waals surface area (Å²) in [6, 6.07) is 11.6. The number of alkyl halides is 2. The first-order valence-electron chi connectivity index (χ1n) is 8.67. The molecule has 0 saturated carbocycles. The van der Waals surface area contributed by atoms with Gasteiger partial charge in [-0.25, -0.2) is 10.0 Å². The molecule has 0 spiro atoms. The van der Waals surface area contributed by atoms with E-state index in [2.05, 4.69) is 9.73 Å². The summed E-state index contributed by atoms with van der Waals surface area (Å²) >= 11 is 0. The number of ether oxygens (including phenoxy) is 1.